The number of hydrogen-bond acceptors (Lipinski definition) is 3. The van der Waals surface area contributed by atoms with Crippen LogP contribution in [0.3, 0.4) is 0 Å². The Hall–Kier alpha value is -2.92. The Morgan fingerprint density at radius 2 is 1.81 bits per heavy atom. The van der Waals surface area contributed by atoms with Crippen molar-refractivity contribution < 1.29 is 9.13 Å². The van der Waals surface area contributed by atoms with Gasteiger partial charge < -0.3 is 14.6 Å². The van der Waals surface area contributed by atoms with E-state index in [4.69, 9.17) is 4.74 Å². The van der Waals surface area contributed by atoms with Gasteiger partial charge in [0.2, 0.25) is 0 Å². The molecule has 132 valence electrons. The van der Waals surface area contributed by atoms with E-state index in [2.05, 4.69) is 27.0 Å². The second-order valence-electron chi connectivity index (χ2n) is 6.21. The third kappa shape index (κ3) is 3.83. The minimum absolute atomic E-state index is 0.231. The predicted octanol–water partition coefficient (Wildman–Crippen LogP) is 4.22. The molecule has 0 unspecified atom stereocenters. The van der Waals surface area contributed by atoms with Crippen LogP contribution in [0, 0.1) is 5.82 Å². The molecule has 1 aliphatic rings. The number of benzene rings is 1. The SMILES string of the molecule is Fc1ccc(/C=C/c2cc(-c3ccc(N4CCOCC4)[nH]3)ccn2)cc1. The molecule has 4 nitrogen and oxygen atoms in total. The number of pyridine rings is 1. The Labute approximate surface area is 152 Å². The molecule has 1 saturated heterocycles. The molecule has 5 heteroatoms. The van der Waals surface area contributed by atoms with Gasteiger partial charge in [0.25, 0.3) is 0 Å². The molecule has 1 fully saturated rings. The van der Waals surface area contributed by atoms with E-state index in [1.807, 2.05) is 24.3 Å². The molecular weight excluding hydrogens is 329 g/mol. The molecule has 0 aliphatic carbocycles. The molecule has 4 rings (SSSR count). The van der Waals surface area contributed by atoms with Gasteiger partial charge in [-0.05, 0) is 48.0 Å². The molecule has 26 heavy (non-hydrogen) atoms. The fourth-order valence-electron chi connectivity index (χ4n) is 3.00. The zero-order valence-electron chi connectivity index (χ0n) is 14.4. The van der Waals surface area contributed by atoms with Crippen molar-refractivity contribution in [3.8, 4) is 11.3 Å². The highest BCUT2D eigenvalue weighted by Gasteiger charge is 2.13. The topological polar surface area (TPSA) is 41.1 Å². The summed E-state index contributed by atoms with van der Waals surface area (Å²) in [6, 6.07) is 14.6. The van der Waals surface area contributed by atoms with Gasteiger partial charge in [-0.25, -0.2) is 4.39 Å². The molecule has 0 saturated carbocycles. The maximum Gasteiger partial charge on any atom is 0.123 e. The van der Waals surface area contributed by atoms with Crippen molar-refractivity contribution in [1.82, 2.24) is 9.97 Å². The summed E-state index contributed by atoms with van der Waals surface area (Å²) in [7, 11) is 0. The Bertz CT molecular complexity index is 896. The minimum Gasteiger partial charge on any atom is -0.378 e. The van der Waals surface area contributed by atoms with E-state index in [0.29, 0.717) is 0 Å². The monoisotopic (exact) mass is 349 g/mol. The van der Waals surface area contributed by atoms with Crippen molar-refractivity contribution in [2.24, 2.45) is 0 Å². The Kier molecular flexibility index (Phi) is 4.80. The summed E-state index contributed by atoms with van der Waals surface area (Å²) in [5.74, 6) is 0.883. The van der Waals surface area contributed by atoms with Gasteiger partial charge in [-0.1, -0.05) is 18.2 Å². The molecule has 1 N–H and O–H groups in total. The first kappa shape index (κ1) is 16.5. The van der Waals surface area contributed by atoms with Crippen molar-refractivity contribution in [1.29, 1.82) is 0 Å². The average Bonchev–Trinajstić information content (AvgIpc) is 3.19. The minimum atomic E-state index is -0.231. The third-order valence-electron chi connectivity index (χ3n) is 4.43. The molecule has 0 radical (unpaired) electrons. The van der Waals surface area contributed by atoms with Crippen molar-refractivity contribution in [3.63, 3.8) is 0 Å². The molecule has 0 amide bonds. The zero-order chi connectivity index (χ0) is 17.8. The van der Waals surface area contributed by atoms with Gasteiger partial charge in [0, 0.05) is 30.5 Å². The number of H-pyrrole nitrogens is 1. The summed E-state index contributed by atoms with van der Waals surface area (Å²) in [6.07, 6.45) is 5.66. The zero-order valence-corrected chi connectivity index (χ0v) is 14.4. The highest BCUT2D eigenvalue weighted by Crippen LogP contribution is 2.24. The molecule has 0 atom stereocenters. The lowest BCUT2D eigenvalue weighted by atomic mass is 10.1. The average molecular weight is 349 g/mol. The number of hydrogen-bond donors (Lipinski definition) is 1. The van der Waals surface area contributed by atoms with Crippen LogP contribution in [0.2, 0.25) is 0 Å². The summed E-state index contributed by atoms with van der Waals surface area (Å²) >= 11 is 0. The van der Waals surface area contributed by atoms with E-state index < -0.39 is 0 Å². The van der Waals surface area contributed by atoms with Crippen molar-refractivity contribution in [2.75, 3.05) is 31.2 Å². The smallest absolute Gasteiger partial charge is 0.123 e. The van der Waals surface area contributed by atoms with Gasteiger partial charge in [-0.15, -0.1) is 0 Å². The van der Waals surface area contributed by atoms with E-state index in [0.717, 1.165) is 54.6 Å². The second-order valence-corrected chi connectivity index (χ2v) is 6.21. The second kappa shape index (κ2) is 7.54. The van der Waals surface area contributed by atoms with E-state index in [9.17, 15) is 4.39 Å². The first-order chi connectivity index (χ1) is 12.8. The fourth-order valence-corrected chi connectivity index (χ4v) is 3.00. The standard InChI is InChI=1S/C21H20FN3O/c22-18-4-1-16(2-5-18)3-6-19-15-17(9-10-23-19)20-7-8-21(24-20)25-11-13-26-14-12-25/h1-10,15,24H,11-14H2/b6-3+. The number of halogens is 1. The van der Waals surface area contributed by atoms with Crippen LogP contribution in [0.4, 0.5) is 10.2 Å². The number of nitrogens with one attached hydrogen (secondary N) is 1. The summed E-state index contributed by atoms with van der Waals surface area (Å²) in [5, 5.41) is 0. The number of nitrogens with zero attached hydrogens (tertiary/aromatic N) is 2. The van der Waals surface area contributed by atoms with Gasteiger partial charge in [-0.2, -0.15) is 0 Å². The summed E-state index contributed by atoms with van der Waals surface area (Å²) in [5.41, 5.74) is 3.94. The van der Waals surface area contributed by atoms with Crippen molar-refractivity contribution >= 4 is 18.0 Å². The van der Waals surface area contributed by atoms with E-state index >= 15 is 0 Å². The lowest BCUT2D eigenvalue weighted by Gasteiger charge is -2.27. The fraction of sp³-hybridized carbons (Fsp3) is 0.190. The molecular formula is C21H20FN3O. The summed E-state index contributed by atoms with van der Waals surface area (Å²) < 4.78 is 18.4. The maximum absolute atomic E-state index is 13.0. The van der Waals surface area contributed by atoms with Crippen molar-refractivity contribution in [2.45, 2.75) is 0 Å². The molecule has 3 aromatic rings. The van der Waals surface area contributed by atoms with Gasteiger partial charge >= 0.3 is 0 Å². The van der Waals surface area contributed by atoms with E-state index in [1.165, 1.54) is 12.1 Å². The van der Waals surface area contributed by atoms with Gasteiger partial charge in [0.05, 0.1) is 18.9 Å². The number of morpholine rings is 1. The first-order valence-electron chi connectivity index (χ1n) is 8.70. The van der Waals surface area contributed by atoms with Crippen LogP contribution in [0.15, 0.2) is 54.7 Å². The molecule has 2 aromatic heterocycles. The molecule has 0 bridgehead atoms. The Morgan fingerprint density at radius 1 is 1.00 bits per heavy atom. The third-order valence-corrected chi connectivity index (χ3v) is 4.43. The normalized spacial score (nSPS) is 14.9. The predicted molar refractivity (Wildman–Crippen MR) is 102 cm³/mol. The van der Waals surface area contributed by atoms with Gasteiger partial charge in [-0.3, -0.25) is 4.98 Å². The number of ether oxygens (including phenoxy) is 1. The maximum atomic E-state index is 13.0. The molecule has 0 spiro atoms. The van der Waals surface area contributed by atoms with Crippen LogP contribution in [0.25, 0.3) is 23.4 Å². The van der Waals surface area contributed by atoms with E-state index in [-0.39, 0.29) is 5.82 Å². The first-order valence-corrected chi connectivity index (χ1v) is 8.70. The highest BCUT2D eigenvalue weighted by molar-refractivity contribution is 5.71. The lowest BCUT2D eigenvalue weighted by molar-refractivity contribution is 0.122. The Morgan fingerprint density at radius 3 is 2.62 bits per heavy atom. The lowest BCUT2D eigenvalue weighted by Crippen LogP contribution is -2.36. The van der Waals surface area contributed by atoms with Gasteiger partial charge in [0.1, 0.15) is 11.6 Å². The molecule has 1 aromatic carbocycles. The van der Waals surface area contributed by atoms with Crippen LogP contribution in [-0.4, -0.2) is 36.3 Å². The van der Waals surface area contributed by atoms with Crippen molar-refractivity contribution in [3.05, 3.63) is 71.8 Å². The summed E-state index contributed by atoms with van der Waals surface area (Å²) in [6.45, 7) is 3.34. The largest absolute Gasteiger partial charge is 0.378 e. The molecule has 3 heterocycles. The van der Waals surface area contributed by atoms with E-state index in [1.54, 1.807) is 18.3 Å². The van der Waals surface area contributed by atoms with Crippen LogP contribution in [0.5, 0.6) is 0 Å². The van der Waals surface area contributed by atoms with Crippen LogP contribution in [0.1, 0.15) is 11.3 Å². The number of aromatic amines is 1. The van der Waals surface area contributed by atoms with Crippen LogP contribution < -0.4 is 4.90 Å². The summed E-state index contributed by atoms with van der Waals surface area (Å²) in [4.78, 5) is 10.2. The number of anilines is 1. The Balaban J connectivity index is 1.52. The van der Waals surface area contributed by atoms with Gasteiger partial charge in [0.15, 0.2) is 0 Å². The molecule has 1 aliphatic heterocycles. The van der Waals surface area contributed by atoms with Crippen LogP contribution in [-0.2, 0) is 4.74 Å². The number of aromatic nitrogens is 2. The number of rotatable bonds is 4. The quantitative estimate of drug-likeness (QED) is 0.767. The highest BCUT2D eigenvalue weighted by atomic mass is 19.1. The van der Waals surface area contributed by atoms with Crippen LogP contribution >= 0.6 is 0 Å².